The molecule has 128 valence electrons. The fourth-order valence-electron chi connectivity index (χ4n) is 2.31. The Bertz CT molecular complexity index is 872. The summed E-state index contributed by atoms with van der Waals surface area (Å²) in [5.74, 6) is -5.29. The third-order valence-electron chi connectivity index (χ3n) is 3.56. The lowest BCUT2D eigenvalue weighted by Gasteiger charge is -2.15. The van der Waals surface area contributed by atoms with Crippen LogP contribution in [-0.4, -0.2) is 21.8 Å². The van der Waals surface area contributed by atoms with Gasteiger partial charge in [-0.1, -0.05) is 12.1 Å². The number of anilines is 1. The molecule has 0 unspecified atom stereocenters. The lowest BCUT2D eigenvalue weighted by Crippen LogP contribution is -2.31. The first-order valence-corrected chi connectivity index (χ1v) is 7.12. The summed E-state index contributed by atoms with van der Waals surface area (Å²) >= 11 is 0. The molecule has 0 bridgehead atoms. The highest BCUT2D eigenvalue weighted by Gasteiger charge is 2.31. The lowest BCUT2D eigenvalue weighted by molar-refractivity contribution is -0.137. The zero-order valence-electron chi connectivity index (χ0n) is 12.6. The van der Waals surface area contributed by atoms with E-state index in [-0.39, 0.29) is 17.9 Å². The smallest absolute Gasteiger partial charge is 0.277 e. The Morgan fingerprint density at radius 1 is 1.00 bits per heavy atom. The number of hydrogen-bond acceptors (Lipinski definition) is 4. The van der Waals surface area contributed by atoms with Gasteiger partial charge in [0.1, 0.15) is 11.5 Å². The number of phenolic OH excluding ortho intramolecular Hbond substituents is 1. The Hall–Kier alpha value is -3.29. The van der Waals surface area contributed by atoms with E-state index in [4.69, 9.17) is 5.11 Å². The summed E-state index contributed by atoms with van der Waals surface area (Å²) in [5, 5.41) is 11.5. The molecule has 0 aromatic heterocycles. The molecule has 25 heavy (non-hydrogen) atoms. The van der Waals surface area contributed by atoms with Gasteiger partial charge in [0.15, 0.2) is 17.4 Å². The van der Waals surface area contributed by atoms with Gasteiger partial charge in [-0.25, -0.2) is 13.2 Å². The maximum absolute atomic E-state index is 13.3. The number of halogens is 3. The molecule has 0 aliphatic carbocycles. The van der Waals surface area contributed by atoms with Crippen molar-refractivity contribution in [1.29, 1.82) is 0 Å². The summed E-state index contributed by atoms with van der Waals surface area (Å²) in [6.45, 7) is -0.0715. The predicted molar refractivity (Wildman–Crippen MR) is 81.7 cm³/mol. The molecule has 0 radical (unpaired) electrons. The molecule has 1 heterocycles. The standard InChI is InChI=1S/C17H11F3N2O3/c18-10-3-1-9(2-4-10)8-22-15(23)7-14(17(22)25)21-11-5-12(19)16(24)13(20)6-11/h1-7,21,24H,8H2. The van der Waals surface area contributed by atoms with Gasteiger partial charge in [0.05, 0.1) is 6.54 Å². The van der Waals surface area contributed by atoms with E-state index in [1.807, 2.05) is 0 Å². The molecule has 2 aromatic rings. The van der Waals surface area contributed by atoms with Crippen LogP contribution in [-0.2, 0) is 16.1 Å². The predicted octanol–water partition coefficient (Wildman–Crippen LogP) is 2.67. The molecule has 1 aliphatic rings. The number of carbonyl (C=O) groups is 2. The molecule has 0 saturated heterocycles. The SMILES string of the molecule is O=C1C=C(Nc2cc(F)c(O)c(F)c2)C(=O)N1Cc1ccc(F)cc1. The number of imide groups is 1. The topological polar surface area (TPSA) is 69.6 Å². The fourth-order valence-corrected chi connectivity index (χ4v) is 2.31. The fraction of sp³-hybridized carbons (Fsp3) is 0.0588. The first-order chi connectivity index (χ1) is 11.8. The van der Waals surface area contributed by atoms with Crippen LogP contribution < -0.4 is 5.32 Å². The Morgan fingerprint density at radius 2 is 1.60 bits per heavy atom. The van der Waals surface area contributed by atoms with Gasteiger partial charge in [0.2, 0.25) is 0 Å². The van der Waals surface area contributed by atoms with Crippen molar-refractivity contribution in [3.05, 3.63) is 71.2 Å². The molecule has 2 aromatic carbocycles. The third kappa shape index (κ3) is 3.32. The van der Waals surface area contributed by atoms with Gasteiger partial charge >= 0.3 is 0 Å². The maximum Gasteiger partial charge on any atom is 0.277 e. The minimum Gasteiger partial charge on any atom is -0.503 e. The molecule has 0 spiro atoms. The van der Waals surface area contributed by atoms with E-state index in [2.05, 4.69) is 5.32 Å². The van der Waals surface area contributed by atoms with Crippen LogP contribution in [0.15, 0.2) is 48.2 Å². The van der Waals surface area contributed by atoms with Crippen LogP contribution >= 0.6 is 0 Å². The highest BCUT2D eigenvalue weighted by Crippen LogP contribution is 2.26. The number of rotatable bonds is 4. The van der Waals surface area contributed by atoms with E-state index in [9.17, 15) is 22.8 Å². The second kappa shape index (κ2) is 6.31. The van der Waals surface area contributed by atoms with Gasteiger partial charge < -0.3 is 10.4 Å². The number of benzene rings is 2. The minimum atomic E-state index is -1.21. The number of amides is 2. The number of phenols is 1. The first-order valence-electron chi connectivity index (χ1n) is 7.12. The largest absolute Gasteiger partial charge is 0.503 e. The molecule has 1 aliphatic heterocycles. The number of hydrogen-bond donors (Lipinski definition) is 2. The van der Waals surface area contributed by atoms with Gasteiger partial charge in [-0.05, 0) is 17.7 Å². The number of carbonyl (C=O) groups excluding carboxylic acids is 2. The van der Waals surface area contributed by atoms with Gasteiger partial charge in [-0.15, -0.1) is 0 Å². The van der Waals surface area contributed by atoms with Crippen LogP contribution in [0.3, 0.4) is 0 Å². The Kier molecular flexibility index (Phi) is 4.18. The summed E-state index contributed by atoms with van der Waals surface area (Å²) in [6, 6.07) is 6.86. The van der Waals surface area contributed by atoms with Gasteiger partial charge in [-0.2, -0.15) is 0 Å². The highest BCUT2D eigenvalue weighted by atomic mass is 19.1. The Morgan fingerprint density at radius 3 is 2.20 bits per heavy atom. The molecule has 0 atom stereocenters. The van der Waals surface area contributed by atoms with Crippen molar-refractivity contribution in [2.45, 2.75) is 6.54 Å². The van der Waals surface area contributed by atoms with Crippen molar-refractivity contribution in [3.8, 4) is 5.75 Å². The Labute approximate surface area is 140 Å². The van der Waals surface area contributed by atoms with E-state index in [0.29, 0.717) is 5.56 Å². The van der Waals surface area contributed by atoms with Crippen LogP contribution in [0.25, 0.3) is 0 Å². The molecule has 0 saturated carbocycles. The third-order valence-corrected chi connectivity index (χ3v) is 3.56. The van der Waals surface area contributed by atoms with Crippen LogP contribution in [0.5, 0.6) is 5.75 Å². The van der Waals surface area contributed by atoms with Crippen LogP contribution in [0, 0.1) is 17.5 Å². The number of aromatic hydroxyl groups is 1. The quantitative estimate of drug-likeness (QED) is 0.658. The summed E-state index contributed by atoms with van der Waals surface area (Å²) in [7, 11) is 0. The van der Waals surface area contributed by atoms with E-state index >= 15 is 0 Å². The van der Waals surface area contributed by atoms with Crippen LogP contribution in [0.1, 0.15) is 5.56 Å². The van der Waals surface area contributed by atoms with Gasteiger partial charge in [-0.3, -0.25) is 14.5 Å². The van der Waals surface area contributed by atoms with Crippen LogP contribution in [0.4, 0.5) is 18.9 Å². The number of nitrogens with zero attached hydrogens (tertiary/aromatic N) is 1. The van der Waals surface area contributed by atoms with E-state index < -0.39 is 35.0 Å². The average molecular weight is 348 g/mol. The van der Waals surface area contributed by atoms with Crippen molar-refractivity contribution in [2.24, 2.45) is 0 Å². The number of nitrogens with one attached hydrogen (secondary N) is 1. The average Bonchev–Trinajstić information content (AvgIpc) is 2.82. The van der Waals surface area contributed by atoms with E-state index in [0.717, 1.165) is 23.1 Å². The van der Waals surface area contributed by atoms with E-state index in [1.165, 1.54) is 24.3 Å². The minimum absolute atomic E-state index is 0.0715. The zero-order valence-corrected chi connectivity index (χ0v) is 12.6. The molecule has 3 rings (SSSR count). The Balaban J connectivity index is 1.76. The summed E-state index contributed by atoms with van der Waals surface area (Å²) in [4.78, 5) is 25.2. The monoisotopic (exact) mass is 348 g/mol. The van der Waals surface area contributed by atoms with Crippen LogP contribution in [0.2, 0.25) is 0 Å². The second-order valence-electron chi connectivity index (χ2n) is 5.33. The van der Waals surface area contributed by atoms with Crippen molar-refractivity contribution in [3.63, 3.8) is 0 Å². The molecular formula is C17H11F3N2O3. The van der Waals surface area contributed by atoms with Crippen molar-refractivity contribution < 1.29 is 27.9 Å². The highest BCUT2D eigenvalue weighted by molar-refractivity contribution is 6.17. The lowest BCUT2D eigenvalue weighted by atomic mass is 10.2. The van der Waals surface area contributed by atoms with E-state index in [1.54, 1.807) is 0 Å². The molecule has 0 fully saturated rings. The summed E-state index contributed by atoms with van der Waals surface area (Å²) in [6.07, 6.45) is 0.995. The normalized spacial score (nSPS) is 14.0. The molecule has 8 heteroatoms. The van der Waals surface area contributed by atoms with Crippen molar-refractivity contribution in [1.82, 2.24) is 4.90 Å². The first kappa shape index (κ1) is 16.6. The van der Waals surface area contributed by atoms with Crippen molar-refractivity contribution >= 4 is 17.5 Å². The summed E-state index contributed by atoms with van der Waals surface area (Å²) in [5.41, 5.74) is 0.236. The molecule has 5 nitrogen and oxygen atoms in total. The van der Waals surface area contributed by atoms with Crippen molar-refractivity contribution in [2.75, 3.05) is 5.32 Å². The second-order valence-corrected chi connectivity index (χ2v) is 5.33. The maximum atomic E-state index is 13.3. The summed E-state index contributed by atoms with van der Waals surface area (Å²) < 4.78 is 39.6. The van der Waals surface area contributed by atoms with Gasteiger partial charge in [0, 0.05) is 23.9 Å². The molecule has 2 N–H and O–H groups in total. The zero-order chi connectivity index (χ0) is 18.1. The molecule has 2 amide bonds. The van der Waals surface area contributed by atoms with Gasteiger partial charge in [0.25, 0.3) is 11.8 Å². The molecular weight excluding hydrogens is 337 g/mol.